The molecule has 0 spiro atoms. The molecule has 0 fully saturated rings. The summed E-state index contributed by atoms with van der Waals surface area (Å²) >= 11 is 4.61. The van der Waals surface area contributed by atoms with Crippen molar-refractivity contribution in [3.05, 3.63) is 68.5 Å². The summed E-state index contributed by atoms with van der Waals surface area (Å²) in [6, 6.07) is 5.46. The number of pyridine rings is 1. The Bertz CT molecular complexity index is 1300. The van der Waals surface area contributed by atoms with Gasteiger partial charge in [-0.2, -0.15) is 23.4 Å². The van der Waals surface area contributed by atoms with E-state index < -0.39 is 23.2 Å². The summed E-state index contributed by atoms with van der Waals surface area (Å²) in [5.41, 5.74) is -0.575. The number of fused-ring (bicyclic) bond motifs is 1. The molecule has 0 aliphatic carbocycles. The van der Waals surface area contributed by atoms with Crippen LogP contribution in [0.15, 0.2) is 57.4 Å². The summed E-state index contributed by atoms with van der Waals surface area (Å²) < 4.78 is 40.7. The van der Waals surface area contributed by atoms with Gasteiger partial charge >= 0.3 is 6.18 Å². The van der Waals surface area contributed by atoms with Gasteiger partial charge in [0.15, 0.2) is 0 Å². The maximum absolute atomic E-state index is 13.0. The average Bonchev–Trinajstić information content (AvgIpc) is 3.32. The molecule has 0 bridgehead atoms. The molecule has 154 valence electrons. The topological polar surface area (TPSA) is 81.8 Å². The minimum Gasteiger partial charge on any atom is -0.314 e. The Hall–Kier alpha value is -2.99. The third kappa shape index (κ3) is 3.87. The first kappa shape index (κ1) is 20.3. The summed E-state index contributed by atoms with van der Waals surface area (Å²) in [6.45, 7) is -0.372. The molecule has 0 unspecified atom stereocenters. The van der Waals surface area contributed by atoms with E-state index in [4.69, 9.17) is 0 Å². The Kier molecular flexibility index (Phi) is 5.20. The van der Waals surface area contributed by atoms with Crippen molar-refractivity contribution < 1.29 is 18.0 Å². The second-order valence-corrected chi connectivity index (χ2v) is 7.89. The maximum Gasteiger partial charge on any atom is 0.416 e. The zero-order chi connectivity index (χ0) is 21.5. The lowest BCUT2D eigenvalue weighted by atomic mass is 10.1. The molecule has 12 heteroatoms. The lowest BCUT2D eigenvalue weighted by molar-refractivity contribution is -0.137. The van der Waals surface area contributed by atoms with Crippen LogP contribution in [0.2, 0.25) is 0 Å². The molecule has 3 heterocycles. The van der Waals surface area contributed by atoms with E-state index in [1.807, 2.05) is 0 Å². The molecule has 0 aliphatic heterocycles. The first-order valence-electron chi connectivity index (χ1n) is 8.38. The quantitative estimate of drug-likeness (QED) is 0.460. The molecule has 0 saturated heterocycles. The molecule has 1 amide bonds. The number of nitrogens with zero attached hydrogens (tertiary/aromatic N) is 4. The summed E-state index contributed by atoms with van der Waals surface area (Å²) in [5, 5.41) is 13.2. The summed E-state index contributed by atoms with van der Waals surface area (Å²) in [7, 11) is 0. The third-order valence-corrected chi connectivity index (χ3v) is 6.00. The molecule has 1 N–H and O–H groups in total. The lowest BCUT2D eigenvalue weighted by Crippen LogP contribution is -2.27. The molecular weight excluding hydrogens is 487 g/mol. The van der Waals surface area contributed by atoms with Gasteiger partial charge < -0.3 is 5.32 Å². The van der Waals surface area contributed by atoms with Crippen molar-refractivity contribution in [1.82, 2.24) is 19.6 Å². The smallest absolute Gasteiger partial charge is 0.314 e. The third-order valence-electron chi connectivity index (χ3n) is 4.21. The summed E-state index contributed by atoms with van der Waals surface area (Å²) in [4.78, 5) is 26.3. The number of hydrogen-bond donors (Lipinski definition) is 1. The first-order valence-corrected chi connectivity index (χ1v) is 10.1. The first-order chi connectivity index (χ1) is 14.2. The number of halogens is 4. The number of thiophene rings is 1. The molecule has 30 heavy (non-hydrogen) atoms. The highest BCUT2D eigenvalue weighted by molar-refractivity contribution is 9.10. The number of benzene rings is 1. The van der Waals surface area contributed by atoms with Crippen LogP contribution in [0.5, 0.6) is 0 Å². The van der Waals surface area contributed by atoms with Crippen LogP contribution >= 0.6 is 27.3 Å². The number of amides is 1. The van der Waals surface area contributed by atoms with Gasteiger partial charge in [-0.05, 0) is 45.6 Å². The van der Waals surface area contributed by atoms with Crippen LogP contribution in [0.25, 0.3) is 16.6 Å². The van der Waals surface area contributed by atoms with Gasteiger partial charge in [0.1, 0.15) is 17.2 Å². The number of carbonyl (C=O) groups excluding carboxylic acids is 1. The van der Waals surface area contributed by atoms with Crippen molar-refractivity contribution >= 4 is 49.1 Å². The molecule has 7 nitrogen and oxygen atoms in total. The van der Waals surface area contributed by atoms with E-state index in [0.29, 0.717) is 15.2 Å². The van der Waals surface area contributed by atoms with Crippen molar-refractivity contribution in [2.75, 3.05) is 5.32 Å². The van der Waals surface area contributed by atoms with E-state index in [2.05, 4.69) is 31.4 Å². The monoisotopic (exact) mass is 497 g/mol. The number of aromatic nitrogens is 4. The fourth-order valence-electron chi connectivity index (χ4n) is 2.89. The maximum atomic E-state index is 13.0. The van der Waals surface area contributed by atoms with E-state index in [0.717, 1.165) is 22.8 Å². The highest BCUT2D eigenvalue weighted by Gasteiger charge is 2.30. The van der Waals surface area contributed by atoms with Gasteiger partial charge in [-0.1, -0.05) is 0 Å². The fourth-order valence-corrected chi connectivity index (χ4v) is 4.47. The normalized spacial score (nSPS) is 11.7. The zero-order valence-electron chi connectivity index (χ0n) is 14.9. The average molecular weight is 498 g/mol. The highest BCUT2D eigenvalue weighted by Crippen LogP contribution is 2.35. The van der Waals surface area contributed by atoms with Crippen molar-refractivity contribution in [3.8, 4) is 5.69 Å². The van der Waals surface area contributed by atoms with E-state index in [1.165, 1.54) is 40.7 Å². The molecule has 1 aromatic carbocycles. The molecule has 0 aliphatic rings. The van der Waals surface area contributed by atoms with E-state index >= 15 is 0 Å². The van der Waals surface area contributed by atoms with Crippen LogP contribution in [0.4, 0.5) is 18.2 Å². The predicted octanol–water partition coefficient (Wildman–Crippen LogP) is 4.06. The van der Waals surface area contributed by atoms with Crippen LogP contribution in [-0.2, 0) is 17.5 Å². The number of hydrogen-bond acceptors (Lipinski definition) is 5. The number of anilines is 1. The lowest BCUT2D eigenvalue weighted by Gasteiger charge is -2.13. The van der Waals surface area contributed by atoms with Gasteiger partial charge in [-0.15, -0.1) is 16.1 Å². The second-order valence-electron chi connectivity index (χ2n) is 6.16. The Labute approximate surface area is 178 Å². The molecular formula is C18H11BrF3N5O2S. The van der Waals surface area contributed by atoms with Crippen LogP contribution < -0.4 is 10.9 Å². The van der Waals surface area contributed by atoms with Crippen LogP contribution in [0, 0.1) is 0 Å². The largest absolute Gasteiger partial charge is 0.416 e. The van der Waals surface area contributed by atoms with Gasteiger partial charge in [0.05, 0.1) is 27.9 Å². The van der Waals surface area contributed by atoms with Crippen LogP contribution in [-0.4, -0.2) is 25.5 Å². The summed E-state index contributed by atoms with van der Waals surface area (Å²) in [5.74, 6) is -0.521. The van der Waals surface area contributed by atoms with Gasteiger partial charge in [-0.25, -0.2) is 0 Å². The Morgan fingerprint density at radius 3 is 2.60 bits per heavy atom. The van der Waals surface area contributed by atoms with E-state index in [9.17, 15) is 22.8 Å². The number of nitrogens with one attached hydrogen (secondary N) is 1. The number of alkyl halides is 3. The van der Waals surface area contributed by atoms with Gasteiger partial charge in [-0.3, -0.25) is 14.2 Å². The van der Waals surface area contributed by atoms with Gasteiger partial charge in [0.2, 0.25) is 5.91 Å². The predicted molar refractivity (Wildman–Crippen MR) is 109 cm³/mol. The van der Waals surface area contributed by atoms with Crippen LogP contribution in [0.1, 0.15) is 5.56 Å². The molecule has 0 saturated carbocycles. The Morgan fingerprint density at radius 2 is 1.90 bits per heavy atom. The van der Waals surface area contributed by atoms with Gasteiger partial charge in [0, 0.05) is 11.4 Å². The Morgan fingerprint density at radius 1 is 1.17 bits per heavy atom. The van der Waals surface area contributed by atoms with Gasteiger partial charge in [0.25, 0.3) is 5.56 Å². The standard InChI is InChI=1S/C18H11BrF3N5O2S/c19-12-9-30-17(16(12)27-23-5-6-24-27)25-14(28)8-26-13-3-2-11(18(20,21)22)7-10(13)1-4-15(26)29/h1-7,9H,8H2,(H,25,28). The van der Waals surface area contributed by atoms with Crippen LogP contribution in [0.3, 0.4) is 0 Å². The minimum absolute atomic E-state index is 0.206. The highest BCUT2D eigenvalue weighted by atomic mass is 79.9. The van der Waals surface area contributed by atoms with Crippen molar-refractivity contribution in [2.45, 2.75) is 12.7 Å². The fraction of sp³-hybridized carbons (Fsp3) is 0.111. The second kappa shape index (κ2) is 7.69. The van der Waals surface area contributed by atoms with E-state index in [1.54, 1.807) is 5.38 Å². The summed E-state index contributed by atoms with van der Waals surface area (Å²) in [6.07, 6.45) is -1.53. The molecule has 0 atom stereocenters. The SMILES string of the molecule is O=C(Cn1c(=O)ccc2cc(C(F)(F)F)ccc21)Nc1scc(Br)c1-n1nccn1. The van der Waals surface area contributed by atoms with E-state index in [-0.39, 0.29) is 17.4 Å². The van der Waals surface area contributed by atoms with Crippen molar-refractivity contribution in [3.63, 3.8) is 0 Å². The Balaban J connectivity index is 1.64. The van der Waals surface area contributed by atoms with Crippen molar-refractivity contribution in [1.29, 1.82) is 0 Å². The molecule has 0 radical (unpaired) electrons. The zero-order valence-corrected chi connectivity index (χ0v) is 17.3. The number of rotatable bonds is 4. The molecule has 3 aromatic heterocycles. The molecule has 4 rings (SSSR count). The minimum atomic E-state index is -4.50. The van der Waals surface area contributed by atoms with Crippen molar-refractivity contribution in [2.24, 2.45) is 0 Å². The molecule has 4 aromatic rings. The number of carbonyl (C=O) groups is 1.